The number of hydrogen-bond donors (Lipinski definition) is 0. The zero-order valence-corrected chi connectivity index (χ0v) is 7.21. The first-order valence-corrected chi connectivity index (χ1v) is 3.99. The highest BCUT2D eigenvalue weighted by Gasteiger charge is 1.91. The van der Waals surface area contributed by atoms with Crippen molar-refractivity contribution in [1.29, 1.82) is 0 Å². The van der Waals surface area contributed by atoms with Gasteiger partial charge in [0, 0.05) is 5.02 Å². The number of rotatable bonds is 3. The summed E-state index contributed by atoms with van der Waals surface area (Å²) in [7, 11) is 0. The Morgan fingerprint density at radius 2 is 2.00 bits per heavy atom. The summed E-state index contributed by atoms with van der Waals surface area (Å²) in [5, 5.41) is 0.720. The quantitative estimate of drug-likeness (QED) is 0.519. The minimum absolute atomic E-state index is 0.491. The Bertz CT molecular complexity index is 288. The van der Waals surface area contributed by atoms with Gasteiger partial charge in [-0.2, -0.15) is 0 Å². The van der Waals surface area contributed by atoms with Crippen LogP contribution in [-0.2, 0) is 11.2 Å². The van der Waals surface area contributed by atoms with E-state index in [1.165, 1.54) is 6.08 Å². The lowest BCUT2D eigenvalue weighted by molar-refractivity contribution is 0.563. The van der Waals surface area contributed by atoms with Gasteiger partial charge in [-0.05, 0) is 24.1 Å². The predicted molar refractivity (Wildman–Crippen MR) is 48.1 cm³/mol. The number of aliphatic imine (C=N–C) groups is 1. The summed E-state index contributed by atoms with van der Waals surface area (Å²) in [5.74, 6) is 0. The second kappa shape index (κ2) is 4.70. The van der Waals surface area contributed by atoms with Crippen LogP contribution < -0.4 is 0 Å². The molecule has 3 heteroatoms. The minimum Gasteiger partial charge on any atom is -0.211 e. The largest absolute Gasteiger partial charge is 0.234 e. The number of carbonyl (C=O) groups excluding carboxylic acids is 1. The van der Waals surface area contributed by atoms with E-state index in [9.17, 15) is 4.79 Å². The van der Waals surface area contributed by atoms with Crippen LogP contribution in [0.15, 0.2) is 29.3 Å². The van der Waals surface area contributed by atoms with E-state index in [2.05, 4.69) is 4.99 Å². The molecule has 0 aromatic heterocycles. The third-order valence-corrected chi connectivity index (χ3v) is 1.74. The summed E-state index contributed by atoms with van der Waals surface area (Å²) in [4.78, 5) is 13.2. The molecule has 1 aromatic rings. The molecule has 0 amide bonds. The maximum atomic E-state index is 9.74. The highest BCUT2D eigenvalue weighted by molar-refractivity contribution is 6.30. The van der Waals surface area contributed by atoms with Crippen LogP contribution in [0.1, 0.15) is 5.56 Å². The van der Waals surface area contributed by atoms with Crippen molar-refractivity contribution in [3.63, 3.8) is 0 Å². The topological polar surface area (TPSA) is 29.4 Å². The second-order valence-electron chi connectivity index (χ2n) is 2.35. The summed E-state index contributed by atoms with van der Waals surface area (Å²) >= 11 is 5.69. The molecule has 1 aromatic carbocycles. The lowest BCUT2D eigenvalue weighted by Crippen LogP contribution is -1.87. The average molecular weight is 182 g/mol. The van der Waals surface area contributed by atoms with Gasteiger partial charge in [-0.1, -0.05) is 23.7 Å². The molecule has 0 atom stereocenters. The highest BCUT2D eigenvalue weighted by atomic mass is 35.5. The van der Waals surface area contributed by atoms with Gasteiger partial charge in [-0.25, -0.2) is 9.79 Å². The summed E-state index contributed by atoms with van der Waals surface area (Å²) in [6, 6.07) is 7.48. The number of benzene rings is 1. The molecule has 1 rings (SSSR count). The van der Waals surface area contributed by atoms with Crippen LogP contribution in [-0.4, -0.2) is 12.6 Å². The van der Waals surface area contributed by atoms with Crippen molar-refractivity contribution in [2.24, 2.45) is 4.99 Å². The third kappa shape index (κ3) is 2.87. The van der Waals surface area contributed by atoms with Gasteiger partial charge in [0.15, 0.2) is 0 Å². The summed E-state index contributed by atoms with van der Waals surface area (Å²) in [6.45, 7) is 0.491. The van der Waals surface area contributed by atoms with E-state index in [1.54, 1.807) is 0 Å². The van der Waals surface area contributed by atoms with Gasteiger partial charge in [-0.3, -0.25) is 0 Å². The fraction of sp³-hybridized carbons (Fsp3) is 0.222. The molecule has 0 aliphatic carbocycles. The van der Waals surface area contributed by atoms with Crippen LogP contribution in [0.25, 0.3) is 0 Å². The van der Waals surface area contributed by atoms with Crippen molar-refractivity contribution in [2.45, 2.75) is 6.42 Å². The predicted octanol–water partition coefficient (Wildman–Crippen LogP) is 2.22. The molecular formula is C9H8ClNO. The molecule has 0 unspecified atom stereocenters. The molecule has 0 heterocycles. The van der Waals surface area contributed by atoms with Crippen LogP contribution in [0.5, 0.6) is 0 Å². The Labute approximate surface area is 75.9 Å². The molecule has 0 saturated carbocycles. The van der Waals surface area contributed by atoms with E-state index in [4.69, 9.17) is 11.6 Å². The average Bonchev–Trinajstić information content (AvgIpc) is 2.09. The van der Waals surface area contributed by atoms with Crippen molar-refractivity contribution < 1.29 is 4.79 Å². The molecule has 0 bridgehead atoms. The van der Waals surface area contributed by atoms with Gasteiger partial charge >= 0.3 is 0 Å². The van der Waals surface area contributed by atoms with E-state index in [0.717, 1.165) is 17.0 Å². The second-order valence-corrected chi connectivity index (χ2v) is 2.79. The van der Waals surface area contributed by atoms with Crippen LogP contribution in [0.4, 0.5) is 0 Å². The van der Waals surface area contributed by atoms with Crippen molar-refractivity contribution in [2.75, 3.05) is 6.54 Å². The van der Waals surface area contributed by atoms with Gasteiger partial charge in [0.1, 0.15) is 0 Å². The third-order valence-electron chi connectivity index (χ3n) is 1.49. The minimum atomic E-state index is 0.491. The molecular weight excluding hydrogens is 174 g/mol. The Kier molecular flexibility index (Phi) is 3.52. The highest BCUT2D eigenvalue weighted by Crippen LogP contribution is 2.09. The van der Waals surface area contributed by atoms with Gasteiger partial charge in [0.25, 0.3) is 0 Å². The summed E-state index contributed by atoms with van der Waals surface area (Å²) in [5.41, 5.74) is 1.12. The number of hydrogen-bond acceptors (Lipinski definition) is 2. The monoisotopic (exact) mass is 181 g/mol. The maximum absolute atomic E-state index is 9.74. The molecule has 62 valence electrons. The van der Waals surface area contributed by atoms with E-state index in [-0.39, 0.29) is 0 Å². The first-order chi connectivity index (χ1) is 5.83. The smallest absolute Gasteiger partial charge is 0.211 e. The molecule has 2 nitrogen and oxygen atoms in total. The van der Waals surface area contributed by atoms with E-state index < -0.39 is 0 Å². The molecule has 0 fully saturated rings. The summed E-state index contributed by atoms with van der Waals surface area (Å²) < 4.78 is 0. The Morgan fingerprint density at radius 3 is 2.58 bits per heavy atom. The molecule has 0 radical (unpaired) electrons. The lowest BCUT2D eigenvalue weighted by Gasteiger charge is -1.96. The van der Waals surface area contributed by atoms with Gasteiger partial charge in [0.05, 0.1) is 6.54 Å². The Balaban J connectivity index is 2.53. The first kappa shape index (κ1) is 8.98. The normalized spacial score (nSPS) is 9.08. The molecule has 0 spiro atoms. The SMILES string of the molecule is O=C=NCCc1ccc(Cl)cc1. The van der Waals surface area contributed by atoms with E-state index in [1.807, 2.05) is 24.3 Å². The summed E-state index contributed by atoms with van der Waals surface area (Å²) in [6.07, 6.45) is 2.25. The molecule has 0 N–H and O–H groups in total. The van der Waals surface area contributed by atoms with Crippen molar-refractivity contribution in [1.82, 2.24) is 0 Å². The Hall–Kier alpha value is -1.11. The Morgan fingerprint density at radius 1 is 1.33 bits per heavy atom. The van der Waals surface area contributed by atoms with Crippen LogP contribution in [0.2, 0.25) is 5.02 Å². The van der Waals surface area contributed by atoms with Crippen LogP contribution in [0, 0.1) is 0 Å². The molecule has 0 saturated heterocycles. The number of isocyanates is 1. The lowest BCUT2D eigenvalue weighted by atomic mass is 10.2. The maximum Gasteiger partial charge on any atom is 0.234 e. The molecule has 0 aliphatic rings. The molecule has 12 heavy (non-hydrogen) atoms. The number of nitrogens with zero attached hydrogens (tertiary/aromatic N) is 1. The van der Waals surface area contributed by atoms with Crippen LogP contribution in [0.3, 0.4) is 0 Å². The number of halogens is 1. The zero-order chi connectivity index (χ0) is 8.81. The van der Waals surface area contributed by atoms with Crippen LogP contribution >= 0.6 is 11.6 Å². The fourth-order valence-corrected chi connectivity index (χ4v) is 1.01. The van der Waals surface area contributed by atoms with Crippen molar-refractivity contribution in [3.05, 3.63) is 34.9 Å². The van der Waals surface area contributed by atoms with Gasteiger partial charge in [0.2, 0.25) is 6.08 Å². The van der Waals surface area contributed by atoms with Gasteiger partial charge < -0.3 is 0 Å². The standard InChI is InChI=1S/C9H8ClNO/c10-9-3-1-8(2-4-9)5-6-11-7-12/h1-4H,5-6H2. The van der Waals surface area contributed by atoms with Gasteiger partial charge in [-0.15, -0.1) is 0 Å². The fourth-order valence-electron chi connectivity index (χ4n) is 0.882. The zero-order valence-electron chi connectivity index (χ0n) is 6.46. The van der Waals surface area contributed by atoms with Crippen molar-refractivity contribution >= 4 is 17.7 Å². The first-order valence-electron chi connectivity index (χ1n) is 3.61. The van der Waals surface area contributed by atoms with Crippen molar-refractivity contribution in [3.8, 4) is 0 Å². The van der Waals surface area contributed by atoms with E-state index >= 15 is 0 Å². The van der Waals surface area contributed by atoms with E-state index in [0.29, 0.717) is 6.54 Å². The molecule has 0 aliphatic heterocycles.